The van der Waals surface area contributed by atoms with Gasteiger partial charge in [0, 0.05) is 11.0 Å². The molecule has 21 heavy (non-hydrogen) atoms. The maximum absolute atomic E-state index is 6.20. The number of nitrogens with one attached hydrogen (secondary N) is 1. The SMILES string of the molecule is CCCNCC(Oc1ccc(Br)cc1Br)c1ccccc1. The first-order valence-corrected chi connectivity index (χ1v) is 8.66. The van der Waals surface area contributed by atoms with Crippen LogP contribution >= 0.6 is 31.9 Å². The minimum absolute atomic E-state index is 0.00442. The fraction of sp³-hybridized carbons (Fsp3) is 0.294. The molecule has 0 aliphatic heterocycles. The molecule has 0 spiro atoms. The Morgan fingerprint density at radius 1 is 1.10 bits per heavy atom. The van der Waals surface area contributed by atoms with E-state index < -0.39 is 0 Å². The predicted molar refractivity (Wildman–Crippen MR) is 94.8 cm³/mol. The first kappa shape index (κ1) is 16.5. The Morgan fingerprint density at radius 3 is 2.52 bits per heavy atom. The highest BCUT2D eigenvalue weighted by Gasteiger charge is 2.14. The van der Waals surface area contributed by atoms with Crippen LogP contribution in [0.3, 0.4) is 0 Å². The van der Waals surface area contributed by atoms with Crippen LogP contribution in [0.25, 0.3) is 0 Å². The Morgan fingerprint density at radius 2 is 1.86 bits per heavy atom. The minimum atomic E-state index is -0.00442. The second-order valence-electron chi connectivity index (χ2n) is 4.80. The standard InChI is InChI=1S/C17H19Br2NO/c1-2-10-20-12-17(13-6-4-3-5-7-13)21-16-9-8-14(18)11-15(16)19/h3-9,11,17,20H,2,10,12H2,1H3. The van der Waals surface area contributed by atoms with E-state index in [1.807, 2.05) is 36.4 Å². The maximum Gasteiger partial charge on any atom is 0.136 e. The monoisotopic (exact) mass is 411 g/mol. The number of rotatable bonds is 7. The van der Waals surface area contributed by atoms with Gasteiger partial charge in [0.2, 0.25) is 0 Å². The summed E-state index contributed by atoms with van der Waals surface area (Å²) in [7, 11) is 0. The van der Waals surface area contributed by atoms with Gasteiger partial charge in [-0.1, -0.05) is 53.2 Å². The van der Waals surface area contributed by atoms with Gasteiger partial charge < -0.3 is 10.1 Å². The molecule has 0 heterocycles. The van der Waals surface area contributed by atoms with Crippen LogP contribution in [-0.2, 0) is 0 Å². The molecule has 1 atom stereocenters. The normalized spacial score (nSPS) is 12.1. The van der Waals surface area contributed by atoms with E-state index in [1.54, 1.807) is 0 Å². The van der Waals surface area contributed by atoms with Gasteiger partial charge in [-0.15, -0.1) is 0 Å². The summed E-state index contributed by atoms with van der Waals surface area (Å²) in [6.07, 6.45) is 1.11. The molecule has 2 rings (SSSR count). The number of hydrogen-bond acceptors (Lipinski definition) is 2. The largest absolute Gasteiger partial charge is 0.483 e. The summed E-state index contributed by atoms with van der Waals surface area (Å²) in [5, 5.41) is 3.44. The van der Waals surface area contributed by atoms with Crippen molar-refractivity contribution in [3.8, 4) is 5.75 Å². The van der Waals surface area contributed by atoms with Crippen molar-refractivity contribution in [2.45, 2.75) is 19.4 Å². The first-order valence-electron chi connectivity index (χ1n) is 7.08. The molecule has 2 aromatic carbocycles. The van der Waals surface area contributed by atoms with Gasteiger partial charge >= 0.3 is 0 Å². The van der Waals surface area contributed by atoms with Crippen LogP contribution < -0.4 is 10.1 Å². The summed E-state index contributed by atoms with van der Waals surface area (Å²) in [5.41, 5.74) is 1.18. The van der Waals surface area contributed by atoms with Gasteiger partial charge in [-0.3, -0.25) is 0 Å². The zero-order valence-corrected chi connectivity index (χ0v) is 15.2. The van der Waals surface area contributed by atoms with Gasteiger partial charge in [0.15, 0.2) is 0 Å². The minimum Gasteiger partial charge on any atom is -0.483 e. The third kappa shape index (κ3) is 5.13. The molecule has 2 aromatic rings. The van der Waals surface area contributed by atoms with Gasteiger partial charge in [0.25, 0.3) is 0 Å². The molecule has 0 aliphatic rings. The molecule has 0 aromatic heterocycles. The lowest BCUT2D eigenvalue weighted by Crippen LogP contribution is -2.25. The van der Waals surface area contributed by atoms with Gasteiger partial charge in [-0.25, -0.2) is 0 Å². The average Bonchev–Trinajstić information content (AvgIpc) is 2.49. The molecular formula is C17H19Br2NO. The summed E-state index contributed by atoms with van der Waals surface area (Å²) in [5.74, 6) is 0.852. The smallest absolute Gasteiger partial charge is 0.136 e. The summed E-state index contributed by atoms with van der Waals surface area (Å²) < 4.78 is 8.18. The highest BCUT2D eigenvalue weighted by atomic mass is 79.9. The van der Waals surface area contributed by atoms with E-state index >= 15 is 0 Å². The lowest BCUT2D eigenvalue weighted by molar-refractivity contribution is 0.200. The van der Waals surface area contributed by atoms with Crippen molar-refractivity contribution in [2.24, 2.45) is 0 Å². The molecule has 2 nitrogen and oxygen atoms in total. The number of ether oxygens (including phenoxy) is 1. The van der Waals surface area contributed by atoms with Gasteiger partial charge in [-0.2, -0.15) is 0 Å². The second kappa shape index (κ2) is 8.57. The average molecular weight is 413 g/mol. The van der Waals surface area contributed by atoms with Gasteiger partial charge in [0.05, 0.1) is 4.47 Å². The van der Waals surface area contributed by atoms with Crippen LogP contribution in [-0.4, -0.2) is 13.1 Å². The third-order valence-electron chi connectivity index (χ3n) is 3.09. The van der Waals surface area contributed by atoms with Crippen LogP contribution in [0.15, 0.2) is 57.5 Å². The molecular weight excluding hydrogens is 394 g/mol. The van der Waals surface area contributed by atoms with Crippen LogP contribution in [0.5, 0.6) is 5.75 Å². The van der Waals surface area contributed by atoms with E-state index in [9.17, 15) is 0 Å². The number of benzene rings is 2. The maximum atomic E-state index is 6.20. The number of halogens is 2. The molecule has 0 amide bonds. The third-order valence-corrected chi connectivity index (χ3v) is 4.20. The van der Waals surface area contributed by atoms with Crippen molar-refractivity contribution in [2.75, 3.05) is 13.1 Å². The zero-order valence-electron chi connectivity index (χ0n) is 12.0. The molecule has 112 valence electrons. The molecule has 4 heteroatoms. The summed E-state index contributed by atoms with van der Waals surface area (Å²) in [4.78, 5) is 0. The Balaban J connectivity index is 2.15. The van der Waals surface area contributed by atoms with Crippen molar-refractivity contribution < 1.29 is 4.74 Å². The first-order chi connectivity index (χ1) is 10.2. The Bertz CT molecular complexity index is 560. The van der Waals surface area contributed by atoms with Crippen molar-refractivity contribution in [1.82, 2.24) is 5.32 Å². The molecule has 0 saturated carbocycles. The van der Waals surface area contributed by atoms with Crippen molar-refractivity contribution in [3.05, 3.63) is 63.0 Å². The molecule has 0 bridgehead atoms. The van der Waals surface area contributed by atoms with Crippen molar-refractivity contribution >= 4 is 31.9 Å². The number of hydrogen-bond donors (Lipinski definition) is 1. The quantitative estimate of drug-likeness (QED) is 0.620. The van der Waals surface area contributed by atoms with E-state index in [4.69, 9.17) is 4.74 Å². The van der Waals surface area contributed by atoms with E-state index in [0.29, 0.717) is 0 Å². The lowest BCUT2D eigenvalue weighted by Gasteiger charge is -2.21. The van der Waals surface area contributed by atoms with Crippen molar-refractivity contribution in [1.29, 1.82) is 0 Å². The predicted octanol–water partition coefficient (Wildman–Crippen LogP) is 5.33. The van der Waals surface area contributed by atoms with Crippen LogP contribution in [0.4, 0.5) is 0 Å². The van der Waals surface area contributed by atoms with E-state index in [2.05, 4.69) is 56.2 Å². The summed E-state index contributed by atoms with van der Waals surface area (Å²) >= 11 is 7.02. The molecule has 0 saturated heterocycles. The highest BCUT2D eigenvalue weighted by molar-refractivity contribution is 9.11. The van der Waals surface area contributed by atoms with Crippen molar-refractivity contribution in [3.63, 3.8) is 0 Å². The molecule has 0 radical (unpaired) electrons. The van der Waals surface area contributed by atoms with Gasteiger partial charge in [-0.05, 0) is 52.7 Å². The topological polar surface area (TPSA) is 21.3 Å². The Hall–Kier alpha value is -0.840. The Labute approximate surface area is 143 Å². The van der Waals surface area contributed by atoms with E-state index in [0.717, 1.165) is 34.2 Å². The van der Waals surface area contributed by atoms with Crippen LogP contribution in [0, 0.1) is 0 Å². The summed E-state index contributed by atoms with van der Waals surface area (Å²) in [6, 6.07) is 16.3. The van der Waals surface area contributed by atoms with Crippen LogP contribution in [0.2, 0.25) is 0 Å². The molecule has 0 aliphatic carbocycles. The van der Waals surface area contributed by atoms with E-state index in [1.165, 1.54) is 5.56 Å². The lowest BCUT2D eigenvalue weighted by atomic mass is 10.1. The molecule has 1 unspecified atom stereocenters. The van der Waals surface area contributed by atoms with Crippen LogP contribution in [0.1, 0.15) is 25.0 Å². The highest BCUT2D eigenvalue weighted by Crippen LogP contribution is 2.31. The Kier molecular flexibility index (Phi) is 6.74. The fourth-order valence-electron chi connectivity index (χ4n) is 2.03. The molecule has 1 N–H and O–H groups in total. The van der Waals surface area contributed by atoms with Gasteiger partial charge in [0.1, 0.15) is 11.9 Å². The fourth-order valence-corrected chi connectivity index (χ4v) is 3.17. The second-order valence-corrected chi connectivity index (χ2v) is 6.57. The summed E-state index contributed by atoms with van der Waals surface area (Å²) in [6.45, 7) is 3.95. The zero-order chi connectivity index (χ0) is 15.1. The van der Waals surface area contributed by atoms with E-state index in [-0.39, 0.29) is 6.10 Å². The molecule has 0 fully saturated rings.